The minimum absolute atomic E-state index is 0.580. The molecule has 0 aromatic carbocycles. The maximum absolute atomic E-state index is 8.28. The maximum Gasteiger partial charge on any atom is 0.0863 e. The molecule has 2 nitrogen and oxygen atoms in total. The molecule has 0 N–H and O–H groups in total. The minimum Gasteiger partial charge on any atom is -0.293 e. The van der Waals surface area contributed by atoms with Crippen LogP contribution in [0.25, 0.3) is 0 Å². The van der Waals surface area contributed by atoms with Crippen LogP contribution in [-0.4, -0.2) is 25.0 Å². The SMILES string of the molecule is CN(CC#N)CC1CC1. The highest BCUT2D eigenvalue weighted by atomic mass is 15.1. The summed E-state index contributed by atoms with van der Waals surface area (Å²) in [6.07, 6.45) is 2.74. The van der Waals surface area contributed by atoms with Gasteiger partial charge < -0.3 is 0 Å². The number of hydrogen-bond acceptors (Lipinski definition) is 2. The molecule has 1 saturated carbocycles. The second-order valence-corrected chi connectivity index (χ2v) is 2.80. The Balaban J connectivity index is 2.03. The minimum atomic E-state index is 0.580. The first-order chi connectivity index (χ1) is 4.33. The summed E-state index contributed by atoms with van der Waals surface area (Å²) in [5.74, 6) is 0.906. The van der Waals surface area contributed by atoms with Crippen LogP contribution in [-0.2, 0) is 0 Å². The third-order valence-corrected chi connectivity index (χ3v) is 1.61. The van der Waals surface area contributed by atoms with Crippen LogP contribution in [0.1, 0.15) is 12.8 Å². The number of nitrogens with zero attached hydrogens (tertiary/aromatic N) is 2. The first-order valence-electron chi connectivity index (χ1n) is 3.38. The van der Waals surface area contributed by atoms with Crippen molar-refractivity contribution < 1.29 is 0 Å². The zero-order chi connectivity index (χ0) is 6.69. The third kappa shape index (κ3) is 2.48. The molecule has 1 aliphatic carbocycles. The average molecular weight is 124 g/mol. The summed E-state index contributed by atoms with van der Waals surface area (Å²) in [6, 6.07) is 2.13. The molecular weight excluding hydrogens is 112 g/mol. The first-order valence-corrected chi connectivity index (χ1v) is 3.38. The Morgan fingerprint density at radius 2 is 2.33 bits per heavy atom. The van der Waals surface area contributed by atoms with Gasteiger partial charge in [0.25, 0.3) is 0 Å². The molecule has 0 aromatic heterocycles. The fraction of sp³-hybridized carbons (Fsp3) is 0.857. The van der Waals surface area contributed by atoms with Gasteiger partial charge in [-0.25, -0.2) is 0 Å². The molecule has 50 valence electrons. The molecule has 0 radical (unpaired) electrons. The molecule has 1 fully saturated rings. The molecule has 0 saturated heterocycles. The van der Waals surface area contributed by atoms with Crippen molar-refractivity contribution in [2.45, 2.75) is 12.8 Å². The zero-order valence-corrected chi connectivity index (χ0v) is 5.80. The monoisotopic (exact) mass is 124 g/mol. The van der Waals surface area contributed by atoms with Gasteiger partial charge in [-0.2, -0.15) is 5.26 Å². The Hall–Kier alpha value is -0.550. The maximum atomic E-state index is 8.28. The molecule has 0 spiro atoms. The molecule has 2 heteroatoms. The van der Waals surface area contributed by atoms with Crippen molar-refractivity contribution >= 4 is 0 Å². The van der Waals surface area contributed by atoms with Crippen LogP contribution in [0.15, 0.2) is 0 Å². The summed E-state index contributed by atoms with van der Waals surface area (Å²) < 4.78 is 0. The van der Waals surface area contributed by atoms with Crippen LogP contribution in [0, 0.1) is 17.2 Å². The van der Waals surface area contributed by atoms with E-state index >= 15 is 0 Å². The van der Waals surface area contributed by atoms with E-state index in [0.29, 0.717) is 6.54 Å². The fourth-order valence-corrected chi connectivity index (χ4v) is 0.926. The summed E-state index contributed by atoms with van der Waals surface area (Å²) in [5, 5.41) is 8.28. The lowest BCUT2D eigenvalue weighted by Gasteiger charge is -2.09. The smallest absolute Gasteiger partial charge is 0.0863 e. The Kier molecular flexibility index (Phi) is 2.07. The molecule has 1 aliphatic rings. The van der Waals surface area contributed by atoms with E-state index < -0.39 is 0 Å². The van der Waals surface area contributed by atoms with E-state index in [9.17, 15) is 0 Å². The van der Waals surface area contributed by atoms with Gasteiger partial charge in [0.2, 0.25) is 0 Å². The van der Waals surface area contributed by atoms with Crippen LogP contribution in [0.4, 0.5) is 0 Å². The van der Waals surface area contributed by atoms with Crippen molar-refractivity contribution in [1.82, 2.24) is 4.90 Å². The molecule has 9 heavy (non-hydrogen) atoms. The van der Waals surface area contributed by atoms with Crippen LogP contribution in [0.2, 0.25) is 0 Å². The Labute approximate surface area is 56.1 Å². The highest BCUT2D eigenvalue weighted by Gasteiger charge is 2.22. The van der Waals surface area contributed by atoms with Crippen molar-refractivity contribution in [2.75, 3.05) is 20.1 Å². The van der Waals surface area contributed by atoms with Crippen molar-refractivity contribution in [3.05, 3.63) is 0 Å². The second-order valence-electron chi connectivity index (χ2n) is 2.80. The lowest BCUT2D eigenvalue weighted by molar-refractivity contribution is 0.357. The summed E-state index contributed by atoms with van der Waals surface area (Å²) >= 11 is 0. The van der Waals surface area contributed by atoms with E-state index in [0.717, 1.165) is 12.5 Å². The predicted molar refractivity (Wildman–Crippen MR) is 35.8 cm³/mol. The van der Waals surface area contributed by atoms with Gasteiger partial charge in [0, 0.05) is 6.54 Å². The molecule has 1 rings (SSSR count). The lowest BCUT2D eigenvalue weighted by atomic mass is 10.4. The van der Waals surface area contributed by atoms with Crippen LogP contribution < -0.4 is 0 Å². The highest BCUT2D eigenvalue weighted by molar-refractivity contribution is 4.80. The van der Waals surface area contributed by atoms with Crippen LogP contribution in [0.5, 0.6) is 0 Å². The van der Waals surface area contributed by atoms with Crippen molar-refractivity contribution in [2.24, 2.45) is 5.92 Å². The molecule has 0 heterocycles. The number of rotatable bonds is 3. The van der Waals surface area contributed by atoms with E-state index in [1.165, 1.54) is 12.8 Å². The first kappa shape index (κ1) is 6.57. The van der Waals surface area contributed by atoms with Gasteiger partial charge in [-0.3, -0.25) is 4.90 Å². The summed E-state index contributed by atoms with van der Waals surface area (Å²) in [6.45, 7) is 1.70. The Morgan fingerprint density at radius 3 is 2.78 bits per heavy atom. The Bertz CT molecular complexity index is 121. The standard InChI is InChI=1S/C7H12N2/c1-9(5-4-8)6-7-2-3-7/h7H,2-3,5-6H2,1H3. The highest BCUT2D eigenvalue weighted by Crippen LogP contribution is 2.28. The van der Waals surface area contributed by atoms with E-state index in [2.05, 4.69) is 11.0 Å². The largest absolute Gasteiger partial charge is 0.293 e. The molecule has 0 aliphatic heterocycles. The van der Waals surface area contributed by atoms with Crippen LogP contribution in [0.3, 0.4) is 0 Å². The molecule has 0 atom stereocenters. The molecule has 0 aromatic rings. The molecule has 0 bridgehead atoms. The van der Waals surface area contributed by atoms with E-state index in [1.807, 2.05) is 7.05 Å². The second kappa shape index (κ2) is 2.84. The average Bonchev–Trinajstić information content (AvgIpc) is 2.50. The third-order valence-electron chi connectivity index (χ3n) is 1.61. The normalized spacial score (nSPS) is 17.9. The van der Waals surface area contributed by atoms with Crippen LogP contribution >= 0.6 is 0 Å². The van der Waals surface area contributed by atoms with Gasteiger partial charge in [-0.05, 0) is 25.8 Å². The van der Waals surface area contributed by atoms with E-state index in [1.54, 1.807) is 0 Å². The topological polar surface area (TPSA) is 27.0 Å². The van der Waals surface area contributed by atoms with Crippen molar-refractivity contribution in [1.29, 1.82) is 5.26 Å². The van der Waals surface area contributed by atoms with Gasteiger partial charge in [0.1, 0.15) is 0 Å². The van der Waals surface area contributed by atoms with E-state index in [4.69, 9.17) is 5.26 Å². The van der Waals surface area contributed by atoms with E-state index in [-0.39, 0.29) is 0 Å². The molecule has 0 amide bonds. The van der Waals surface area contributed by atoms with Gasteiger partial charge in [-0.15, -0.1) is 0 Å². The summed E-state index contributed by atoms with van der Waals surface area (Å²) in [4.78, 5) is 2.08. The Morgan fingerprint density at radius 1 is 1.67 bits per heavy atom. The van der Waals surface area contributed by atoms with Crippen molar-refractivity contribution in [3.63, 3.8) is 0 Å². The fourth-order valence-electron chi connectivity index (χ4n) is 0.926. The molecule has 0 unspecified atom stereocenters. The van der Waals surface area contributed by atoms with Gasteiger partial charge in [0.15, 0.2) is 0 Å². The van der Waals surface area contributed by atoms with Crippen molar-refractivity contribution in [3.8, 4) is 6.07 Å². The predicted octanol–water partition coefficient (Wildman–Crippen LogP) is 0.852. The van der Waals surface area contributed by atoms with Gasteiger partial charge >= 0.3 is 0 Å². The lowest BCUT2D eigenvalue weighted by Crippen LogP contribution is -2.20. The number of nitriles is 1. The van der Waals surface area contributed by atoms with Gasteiger partial charge in [-0.1, -0.05) is 0 Å². The molecular formula is C7H12N2. The quantitative estimate of drug-likeness (QED) is 0.521. The zero-order valence-electron chi connectivity index (χ0n) is 5.80. The van der Waals surface area contributed by atoms with Gasteiger partial charge in [0.05, 0.1) is 12.6 Å². The summed E-state index contributed by atoms with van der Waals surface area (Å²) in [7, 11) is 2.00. The number of hydrogen-bond donors (Lipinski definition) is 0. The summed E-state index contributed by atoms with van der Waals surface area (Å²) in [5.41, 5.74) is 0.